The number of hydrogen-bond acceptors (Lipinski definition) is 3. The summed E-state index contributed by atoms with van der Waals surface area (Å²) < 4.78 is 43.8. The Hall–Kier alpha value is -1.76. The van der Waals surface area contributed by atoms with Crippen LogP contribution < -0.4 is 15.4 Å². The number of halogens is 3. The molecule has 2 fully saturated rings. The summed E-state index contributed by atoms with van der Waals surface area (Å²) in [5, 5.41) is 6.28. The third-order valence-electron chi connectivity index (χ3n) is 4.92. The van der Waals surface area contributed by atoms with Crippen LogP contribution >= 0.6 is 0 Å². The number of nitrogens with one attached hydrogen (secondary N) is 2. The SMILES string of the molecule is O=C(CC1CC2CCC(C1)N2)NCCOc1ccccc1C(F)(F)F. The fraction of sp³-hybridized carbons (Fsp3) is 0.611. The quantitative estimate of drug-likeness (QED) is 0.770. The molecule has 0 aliphatic carbocycles. The van der Waals surface area contributed by atoms with Crippen LogP contribution in [0, 0.1) is 5.92 Å². The van der Waals surface area contributed by atoms with E-state index in [9.17, 15) is 18.0 Å². The molecule has 1 amide bonds. The molecule has 4 nitrogen and oxygen atoms in total. The van der Waals surface area contributed by atoms with Gasteiger partial charge in [0.25, 0.3) is 0 Å². The van der Waals surface area contributed by atoms with E-state index in [1.807, 2.05) is 0 Å². The van der Waals surface area contributed by atoms with Crippen molar-refractivity contribution in [3.8, 4) is 5.75 Å². The zero-order valence-electron chi connectivity index (χ0n) is 13.9. The van der Waals surface area contributed by atoms with Crippen LogP contribution in [0.15, 0.2) is 24.3 Å². The van der Waals surface area contributed by atoms with Gasteiger partial charge in [-0.05, 0) is 43.7 Å². The molecule has 2 bridgehead atoms. The van der Waals surface area contributed by atoms with Crippen LogP contribution in [0.5, 0.6) is 5.75 Å². The molecule has 0 saturated carbocycles. The Bertz CT molecular complexity index is 594. The number of ether oxygens (including phenoxy) is 1. The molecule has 138 valence electrons. The smallest absolute Gasteiger partial charge is 0.419 e. The molecule has 25 heavy (non-hydrogen) atoms. The first-order valence-electron chi connectivity index (χ1n) is 8.73. The monoisotopic (exact) mass is 356 g/mol. The van der Waals surface area contributed by atoms with Crippen molar-refractivity contribution in [2.24, 2.45) is 5.92 Å². The van der Waals surface area contributed by atoms with Crippen molar-refractivity contribution in [1.29, 1.82) is 0 Å². The minimum Gasteiger partial charge on any atom is -0.491 e. The fourth-order valence-corrected chi connectivity index (χ4v) is 3.85. The Balaban J connectivity index is 1.39. The zero-order valence-corrected chi connectivity index (χ0v) is 13.9. The van der Waals surface area contributed by atoms with E-state index in [0.29, 0.717) is 24.4 Å². The summed E-state index contributed by atoms with van der Waals surface area (Å²) in [6.45, 7) is 0.207. The lowest BCUT2D eigenvalue weighted by atomic mass is 9.89. The van der Waals surface area contributed by atoms with Gasteiger partial charge in [0.05, 0.1) is 12.1 Å². The number of amides is 1. The molecule has 0 radical (unpaired) electrons. The van der Waals surface area contributed by atoms with Gasteiger partial charge in [0, 0.05) is 18.5 Å². The van der Waals surface area contributed by atoms with Gasteiger partial charge in [-0.15, -0.1) is 0 Å². The Morgan fingerprint density at radius 1 is 1.20 bits per heavy atom. The van der Waals surface area contributed by atoms with E-state index in [2.05, 4.69) is 10.6 Å². The topological polar surface area (TPSA) is 50.4 Å². The van der Waals surface area contributed by atoms with Crippen LogP contribution in [0.2, 0.25) is 0 Å². The molecule has 3 rings (SSSR count). The summed E-state index contributed by atoms with van der Waals surface area (Å²) >= 11 is 0. The Morgan fingerprint density at radius 3 is 2.56 bits per heavy atom. The van der Waals surface area contributed by atoms with E-state index in [1.54, 1.807) is 0 Å². The average molecular weight is 356 g/mol. The molecule has 1 aromatic carbocycles. The van der Waals surface area contributed by atoms with Crippen LogP contribution in [0.4, 0.5) is 13.2 Å². The van der Waals surface area contributed by atoms with Gasteiger partial charge in [-0.3, -0.25) is 4.79 Å². The lowest BCUT2D eigenvalue weighted by Crippen LogP contribution is -2.40. The highest BCUT2D eigenvalue weighted by Gasteiger charge is 2.35. The molecule has 2 unspecified atom stereocenters. The number of fused-ring (bicyclic) bond motifs is 2. The third kappa shape index (κ3) is 4.87. The van der Waals surface area contributed by atoms with Crippen LogP contribution in [0.3, 0.4) is 0 Å². The first-order valence-corrected chi connectivity index (χ1v) is 8.73. The lowest BCUT2D eigenvalue weighted by molar-refractivity contribution is -0.139. The normalized spacial score (nSPS) is 25.6. The van der Waals surface area contributed by atoms with Crippen molar-refractivity contribution in [2.45, 2.75) is 50.4 Å². The Labute approximate surface area is 145 Å². The zero-order chi connectivity index (χ0) is 17.9. The number of para-hydroxylation sites is 1. The maximum atomic E-state index is 12.9. The number of rotatable bonds is 6. The molecule has 2 atom stereocenters. The summed E-state index contributed by atoms with van der Waals surface area (Å²) in [6.07, 6.45) is 0.464. The molecular weight excluding hydrogens is 333 g/mol. The largest absolute Gasteiger partial charge is 0.491 e. The predicted octanol–water partition coefficient (Wildman–Crippen LogP) is 3.12. The van der Waals surface area contributed by atoms with E-state index in [4.69, 9.17) is 4.74 Å². The molecule has 2 saturated heterocycles. The van der Waals surface area contributed by atoms with Crippen molar-refractivity contribution in [3.63, 3.8) is 0 Å². The summed E-state index contributed by atoms with van der Waals surface area (Å²) in [5.41, 5.74) is -0.800. The van der Waals surface area contributed by atoms with E-state index in [1.165, 1.54) is 31.0 Å². The van der Waals surface area contributed by atoms with Gasteiger partial charge in [0.2, 0.25) is 5.91 Å². The van der Waals surface area contributed by atoms with Crippen molar-refractivity contribution < 1.29 is 22.7 Å². The number of benzene rings is 1. The van der Waals surface area contributed by atoms with E-state index in [-0.39, 0.29) is 24.8 Å². The number of carbonyl (C=O) groups is 1. The van der Waals surface area contributed by atoms with Crippen LogP contribution in [0.25, 0.3) is 0 Å². The molecular formula is C18H23F3N2O2. The van der Waals surface area contributed by atoms with E-state index < -0.39 is 11.7 Å². The molecule has 2 aliphatic rings. The summed E-state index contributed by atoms with van der Waals surface area (Å²) in [7, 11) is 0. The van der Waals surface area contributed by atoms with Gasteiger partial charge in [0.15, 0.2) is 0 Å². The maximum absolute atomic E-state index is 12.9. The van der Waals surface area contributed by atoms with Crippen molar-refractivity contribution in [2.75, 3.05) is 13.2 Å². The van der Waals surface area contributed by atoms with Gasteiger partial charge in [0.1, 0.15) is 12.4 Å². The Kier molecular flexibility index (Phi) is 5.51. The number of carbonyl (C=O) groups excluding carboxylic acids is 1. The minimum atomic E-state index is -4.45. The van der Waals surface area contributed by atoms with Gasteiger partial charge < -0.3 is 15.4 Å². The molecule has 0 aromatic heterocycles. The van der Waals surface area contributed by atoms with Gasteiger partial charge in [-0.2, -0.15) is 13.2 Å². The van der Waals surface area contributed by atoms with Crippen LogP contribution in [0.1, 0.15) is 37.7 Å². The highest BCUT2D eigenvalue weighted by atomic mass is 19.4. The molecule has 2 heterocycles. The van der Waals surface area contributed by atoms with E-state index >= 15 is 0 Å². The fourth-order valence-electron chi connectivity index (χ4n) is 3.85. The summed E-state index contributed by atoms with van der Waals surface area (Å²) in [6, 6.07) is 6.17. The third-order valence-corrected chi connectivity index (χ3v) is 4.92. The molecule has 7 heteroatoms. The molecule has 0 spiro atoms. The molecule has 1 aromatic rings. The van der Waals surface area contributed by atoms with Gasteiger partial charge in [-0.1, -0.05) is 12.1 Å². The number of piperidine rings is 1. The second-order valence-electron chi connectivity index (χ2n) is 6.87. The summed E-state index contributed by atoms with van der Waals surface area (Å²) in [5.74, 6) is 0.129. The second-order valence-corrected chi connectivity index (χ2v) is 6.87. The van der Waals surface area contributed by atoms with Crippen molar-refractivity contribution in [3.05, 3.63) is 29.8 Å². The lowest BCUT2D eigenvalue weighted by Gasteiger charge is -2.28. The minimum absolute atomic E-state index is 0.0102. The first-order chi connectivity index (χ1) is 11.9. The molecule has 2 N–H and O–H groups in total. The highest BCUT2D eigenvalue weighted by Crippen LogP contribution is 2.36. The van der Waals surface area contributed by atoms with Gasteiger partial charge >= 0.3 is 6.18 Å². The second kappa shape index (κ2) is 7.64. The van der Waals surface area contributed by atoms with Crippen LogP contribution in [-0.4, -0.2) is 31.1 Å². The summed E-state index contributed by atoms with van der Waals surface area (Å²) in [4.78, 5) is 12.0. The Morgan fingerprint density at radius 2 is 1.88 bits per heavy atom. The predicted molar refractivity (Wildman–Crippen MR) is 87.2 cm³/mol. The molecule has 2 aliphatic heterocycles. The average Bonchev–Trinajstić information content (AvgIpc) is 2.90. The van der Waals surface area contributed by atoms with E-state index in [0.717, 1.165) is 18.9 Å². The van der Waals surface area contributed by atoms with Gasteiger partial charge in [-0.25, -0.2) is 0 Å². The number of hydrogen-bond donors (Lipinski definition) is 2. The maximum Gasteiger partial charge on any atom is 0.419 e. The van der Waals surface area contributed by atoms with Crippen LogP contribution in [-0.2, 0) is 11.0 Å². The van der Waals surface area contributed by atoms with Crippen molar-refractivity contribution >= 4 is 5.91 Å². The standard InChI is InChI=1S/C18H23F3N2O2/c19-18(20,21)15-3-1-2-4-16(15)25-8-7-22-17(24)11-12-9-13-5-6-14(10-12)23-13/h1-4,12-14,23H,5-11H2,(H,22,24). The highest BCUT2D eigenvalue weighted by molar-refractivity contribution is 5.76. The number of alkyl halides is 3. The first kappa shape index (κ1) is 18.0. The van der Waals surface area contributed by atoms with Crippen molar-refractivity contribution in [1.82, 2.24) is 10.6 Å².